The zero-order chi connectivity index (χ0) is 13.3. The monoisotopic (exact) mass is 358 g/mol. The van der Waals surface area contributed by atoms with Crippen molar-refractivity contribution in [2.24, 2.45) is 5.41 Å². The average Bonchev–Trinajstić information content (AvgIpc) is 2.67. The molecule has 18 heavy (non-hydrogen) atoms. The molecule has 0 spiro atoms. The molecule has 0 radical (unpaired) electrons. The number of hydrogen-bond donors (Lipinski definition) is 1. The number of phenols is 1. The van der Waals surface area contributed by atoms with E-state index in [1.165, 1.54) is 0 Å². The number of rotatable bonds is 2. The number of hydrogen-bond acceptors (Lipinski definition) is 4. The van der Waals surface area contributed by atoms with Gasteiger partial charge in [-0.05, 0) is 46.2 Å². The lowest BCUT2D eigenvalue weighted by Gasteiger charge is -2.14. The van der Waals surface area contributed by atoms with Gasteiger partial charge in [0.15, 0.2) is 5.82 Å². The number of benzene rings is 1. The second-order valence-corrected chi connectivity index (χ2v) is 6.66. The number of halogens is 1. The molecule has 0 atom stereocenters. The van der Waals surface area contributed by atoms with E-state index in [1.54, 1.807) is 6.07 Å². The predicted octanol–water partition coefficient (Wildman–Crippen LogP) is 3.64. The quantitative estimate of drug-likeness (QED) is 0.833. The highest BCUT2D eigenvalue weighted by Crippen LogP contribution is 2.30. The van der Waals surface area contributed by atoms with Crippen LogP contribution in [0.15, 0.2) is 22.7 Å². The lowest BCUT2D eigenvalue weighted by molar-refractivity contribution is 0.374. The van der Waals surface area contributed by atoms with Gasteiger partial charge in [0.2, 0.25) is 0 Å². The number of nitrogens with zero attached hydrogens (tertiary/aromatic N) is 2. The van der Waals surface area contributed by atoms with Crippen molar-refractivity contribution >= 4 is 22.6 Å². The molecule has 5 heteroatoms. The van der Waals surface area contributed by atoms with Gasteiger partial charge in [-0.25, -0.2) is 0 Å². The summed E-state index contributed by atoms with van der Waals surface area (Å²) in [7, 11) is 0. The fourth-order valence-corrected chi connectivity index (χ4v) is 2.08. The van der Waals surface area contributed by atoms with Crippen LogP contribution in [0.3, 0.4) is 0 Å². The van der Waals surface area contributed by atoms with Gasteiger partial charge in [-0.15, -0.1) is 0 Å². The molecule has 1 aromatic carbocycles. The Labute approximate surface area is 120 Å². The van der Waals surface area contributed by atoms with Gasteiger partial charge in [-0.2, -0.15) is 4.98 Å². The van der Waals surface area contributed by atoms with Crippen LogP contribution in [0.4, 0.5) is 0 Å². The lowest BCUT2D eigenvalue weighted by atomic mass is 9.92. The maximum atomic E-state index is 9.80. The minimum atomic E-state index is 0.105. The molecule has 0 saturated heterocycles. The summed E-state index contributed by atoms with van der Waals surface area (Å²) in [6.07, 6.45) is 0.737. The van der Waals surface area contributed by atoms with Gasteiger partial charge < -0.3 is 9.63 Å². The Bertz CT molecular complexity index is 558. The van der Waals surface area contributed by atoms with Crippen LogP contribution < -0.4 is 0 Å². The van der Waals surface area contributed by atoms with Crippen molar-refractivity contribution in [1.82, 2.24) is 10.1 Å². The lowest BCUT2D eigenvalue weighted by Crippen LogP contribution is -2.10. The summed E-state index contributed by atoms with van der Waals surface area (Å²) in [5, 5.41) is 13.7. The fraction of sp³-hybridized carbons (Fsp3) is 0.385. The molecule has 4 nitrogen and oxygen atoms in total. The molecule has 1 aromatic heterocycles. The summed E-state index contributed by atoms with van der Waals surface area (Å²) in [6, 6.07) is 5.28. The molecule has 2 aromatic rings. The van der Waals surface area contributed by atoms with E-state index in [0.717, 1.165) is 9.99 Å². The van der Waals surface area contributed by atoms with E-state index in [2.05, 4.69) is 53.5 Å². The molecule has 0 aliphatic carbocycles. The SMILES string of the molecule is CC(C)(C)Cc1noc(-c2cc(I)ccc2O)n1. The maximum absolute atomic E-state index is 9.80. The van der Waals surface area contributed by atoms with Crippen molar-refractivity contribution < 1.29 is 9.63 Å². The van der Waals surface area contributed by atoms with Gasteiger partial charge in [0.25, 0.3) is 5.89 Å². The van der Waals surface area contributed by atoms with Gasteiger partial charge >= 0.3 is 0 Å². The highest BCUT2D eigenvalue weighted by Gasteiger charge is 2.18. The Balaban J connectivity index is 2.32. The van der Waals surface area contributed by atoms with E-state index in [1.807, 2.05) is 12.1 Å². The largest absolute Gasteiger partial charge is 0.507 e. The molecule has 0 amide bonds. The van der Waals surface area contributed by atoms with Crippen molar-refractivity contribution in [3.05, 3.63) is 27.6 Å². The van der Waals surface area contributed by atoms with Crippen molar-refractivity contribution in [1.29, 1.82) is 0 Å². The molecule has 0 aliphatic rings. The third-order valence-corrected chi connectivity index (χ3v) is 3.02. The van der Waals surface area contributed by atoms with Gasteiger partial charge in [0.1, 0.15) is 5.75 Å². The number of aromatic nitrogens is 2. The van der Waals surface area contributed by atoms with Crippen LogP contribution in [0, 0.1) is 8.99 Å². The highest BCUT2D eigenvalue weighted by atomic mass is 127. The predicted molar refractivity (Wildman–Crippen MR) is 77.3 cm³/mol. The number of aromatic hydroxyl groups is 1. The highest BCUT2D eigenvalue weighted by molar-refractivity contribution is 14.1. The minimum absolute atomic E-state index is 0.105. The third kappa shape index (κ3) is 3.22. The summed E-state index contributed by atoms with van der Waals surface area (Å²) in [6.45, 7) is 6.35. The summed E-state index contributed by atoms with van der Waals surface area (Å²) >= 11 is 2.18. The molecule has 96 valence electrons. The van der Waals surface area contributed by atoms with E-state index in [-0.39, 0.29) is 11.2 Å². The van der Waals surface area contributed by atoms with Crippen LogP contribution in [0.25, 0.3) is 11.5 Å². The Morgan fingerprint density at radius 1 is 1.33 bits per heavy atom. The molecule has 2 rings (SSSR count). The minimum Gasteiger partial charge on any atom is -0.507 e. The topological polar surface area (TPSA) is 59.2 Å². The van der Waals surface area contributed by atoms with Gasteiger partial charge in [-0.3, -0.25) is 0 Å². The number of phenolic OH excluding ortho intramolecular Hbond substituents is 1. The van der Waals surface area contributed by atoms with Crippen LogP contribution in [-0.2, 0) is 6.42 Å². The van der Waals surface area contributed by atoms with E-state index >= 15 is 0 Å². The van der Waals surface area contributed by atoms with E-state index < -0.39 is 0 Å². The summed E-state index contributed by atoms with van der Waals surface area (Å²) in [5.74, 6) is 1.18. The Morgan fingerprint density at radius 2 is 2.06 bits per heavy atom. The summed E-state index contributed by atoms with van der Waals surface area (Å²) in [5.41, 5.74) is 0.684. The van der Waals surface area contributed by atoms with Gasteiger partial charge in [-0.1, -0.05) is 25.9 Å². The normalized spacial score (nSPS) is 11.8. The first-order chi connectivity index (χ1) is 8.35. The van der Waals surface area contributed by atoms with Gasteiger partial charge in [0.05, 0.1) is 5.56 Å². The van der Waals surface area contributed by atoms with E-state index in [0.29, 0.717) is 17.3 Å². The van der Waals surface area contributed by atoms with Crippen LogP contribution in [-0.4, -0.2) is 15.2 Å². The first-order valence-electron chi connectivity index (χ1n) is 5.67. The first kappa shape index (κ1) is 13.3. The Kier molecular flexibility index (Phi) is 3.61. The molecule has 0 unspecified atom stereocenters. The van der Waals surface area contributed by atoms with Crippen molar-refractivity contribution in [3.63, 3.8) is 0 Å². The summed E-state index contributed by atoms with van der Waals surface area (Å²) < 4.78 is 6.22. The first-order valence-corrected chi connectivity index (χ1v) is 6.74. The van der Waals surface area contributed by atoms with Crippen LogP contribution in [0.5, 0.6) is 5.75 Å². The standard InChI is InChI=1S/C13H15IN2O2/c1-13(2,3)7-11-15-12(18-16-11)9-6-8(14)4-5-10(9)17/h4-6,17H,7H2,1-3H3. The summed E-state index contributed by atoms with van der Waals surface area (Å²) in [4.78, 5) is 4.33. The Morgan fingerprint density at radius 3 is 2.72 bits per heavy atom. The average molecular weight is 358 g/mol. The fourth-order valence-electron chi connectivity index (χ4n) is 1.59. The molecule has 0 saturated carbocycles. The molecular formula is C13H15IN2O2. The second kappa shape index (κ2) is 4.87. The maximum Gasteiger partial charge on any atom is 0.261 e. The zero-order valence-electron chi connectivity index (χ0n) is 10.6. The third-order valence-electron chi connectivity index (χ3n) is 2.35. The molecule has 0 fully saturated rings. The molecule has 0 bridgehead atoms. The molecule has 0 aliphatic heterocycles. The van der Waals surface area contributed by atoms with E-state index in [4.69, 9.17) is 4.52 Å². The smallest absolute Gasteiger partial charge is 0.261 e. The second-order valence-electron chi connectivity index (χ2n) is 5.41. The van der Waals surface area contributed by atoms with Crippen molar-refractivity contribution in [2.45, 2.75) is 27.2 Å². The van der Waals surface area contributed by atoms with Crippen LogP contribution in [0.2, 0.25) is 0 Å². The molecular weight excluding hydrogens is 343 g/mol. The molecule has 1 heterocycles. The molecule has 1 N–H and O–H groups in total. The van der Waals surface area contributed by atoms with Crippen molar-refractivity contribution in [3.8, 4) is 17.2 Å². The Hall–Kier alpha value is -1.11. The van der Waals surface area contributed by atoms with Crippen molar-refractivity contribution in [2.75, 3.05) is 0 Å². The zero-order valence-corrected chi connectivity index (χ0v) is 12.7. The van der Waals surface area contributed by atoms with Crippen LogP contribution in [0.1, 0.15) is 26.6 Å². The van der Waals surface area contributed by atoms with E-state index in [9.17, 15) is 5.11 Å². The van der Waals surface area contributed by atoms with Gasteiger partial charge in [0, 0.05) is 9.99 Å². The van der Waals surface area contributed by atoms with Crippen LogP contribution >= 0.6 is 22.6 Å².